The monoisotopic (exact) mass is 436 g/mol. The molecule has 0 unspecified atom stereocenters. The zero-order valence-electron chi connectivity index (χ0n) is 20.7. The molecule has 0 atom stereocenters. The number of carbonyl (C=O) groups excluding carboxylic acids is 3. The molecule has 1 aromatic rings. The molecule has 0 aromatic carbocycles. The molecule has 8 heteroatoms. The third kappa shape index (κ3) is 8.71. The van der Waals surface area contributed by atoms with Gasteiger partial charge in [-0.2, -0.15) is 5.10 Å². The molecule has 0 spiro atoms. The Balaban J connectivity index is 2.96. The summed E-state index contributed by atoms with van der Waals surface area (Å²) in [5.74, 6) is -0.154. The summed E-state index contributed by atoms with van der Waals surface area (Å²) in [7, 11) is 0. The van der Waals surface area contributed by atoms with Gasteiger partial charge in [0, 0.05) is 24.4 Å². The first-order valence-electron chi connectivity index (χ1n) is 11.0. The number of carbonyl (C=O) groups is 3. The van der Waals surface area contributed by atoms with Gasteiger partial charge in [0.15, 0.2) is 0 Å². The Morgan fingerprint density at radius 3 is 2.23 bits per heavy atom. The van der Waals surface area contributed by atoms with Crippen LogP contribution in [0.4, 0.5) is 5.82 Å². The molecule has 1 aromatic heterocycles. The van der Waals surface area contributed by atoms with Gasteiger partial charge < -0.3 is 15.0 Å². The van der Waals surface area contributed by atoms with E-state index in [-0.39, 0.29) is 54.7 Å². The molecule has 0 bridgehead atoms. The van der Waals surface area contributed by atoms with E-state index >= 15 is 0 Å². The minimum atomic E-state index is -0.409. The number of nitrogens with one attached hydrogen (secondary N) is 1. The van der Waals surface area contributed by atoms with Crippen molar-refractivity contribution < 1.29 is 19.1 Å². The van der Waals surface area contributed by atoms with Crippen molar-refractivity contribution in [2.24, 2.45) is 5.92 Å². The van der Waals surface area contributed by atoms with Gasteiger partial charge in [0.2, 0.25) is 11.8 Å². The van der Waals surface area contributed by atoms with Crippen LogP contribution < -0.4 is 5.32 Å². The Morgan fingerprint density at radius 1 is 1.13 bits per heavy atom. The Labute approximate surface area is 186 Å². The molecule has 0 aliphatic rings. The molecule has 0 aliphatic heterocycles. The summed E-state index contributed by atoms with van der Waals surface area (Å²) < 4.78 is 6.70. The predicted molar refractivity (Wildman–Crippen MR) is 122 cm³/mol. The molecule has 0 aliphatic carbocycles. The lowest BCUT2D eigenvalue weighted by molar-refractivity contribution is -0.146. The first-order chi connectivity index (χ1) is 14.1. The van der Waals surface area contributed by atoms with E-state index in [0.29, 0.717) is 12.4 Å². The normalized spacial score (nSPS) is 12.1. The smallest absolute Gasteiger partial charge is 0.306 e. The van der Waals surface area contributed by atoms with Crippen LogP contribution in [0.3, 0.4) is 0 Å². The molecule has 8 nitrogen and oxygen atoms in total. The number of aromatic nitrogens is 2. The molecule has 176 valence electrons. The average molecular weight is 437 g/mol. The van der Waals surface area contributed by atoms with Gasteiger partial charge >= 0.3 is 5.97 Å². The van der Waals surface area contributed by atoms with Gasteiger partial charge in [-0.25, -0.2) is 4.68 Å². The molecule has 0 radical (unpaired) electrons. The van der Waals surface area contributed by atoms with E-state index in [1.807, 2.05) is 40.7 Å². The highest BCUT2D eigenvalue weighted by atomic mass is 16.5. The van der Waals surface area contributed by atoms with Crippen molar-refractivity contribution in [2.75, 3.05) is 25.0 Å². The number of anilines is 1. The molecule has 1 rings (SSSR count). The first kappa shape index (κ1) is 26.7. The van der Waals surface area contributed by atoms with E-state index in [4.69, 9.17) is 9.84 Å². The predicted octanol–water partition coefficient (Wildman–Crippen LogP) is 3.70. The third-order valence-electron chi connectivity index (χ3n) is 4.50. The topological polar surface area (TPSA) is 93.5 Å². The molecule has 2 amide bonds. The Hall–Kier alpha value is -2.38. The maximum Gasteiger partial charge on any atom is 0.306 e. The van der Waals surface area contributed by atoms with E-state index in [9.17, 15) is 14.4 Å². The summed E-state index contributed by atoms with van der Waals surface area (Å²) in [6.45, 7) is 18.6. The van der Waals surface area contributed by atoms with Crippen LogP contribution in [0.15, 0.2) is 6.07 Å². The van der Waals surface area contributed by atoms with Gasteiger partial charge in [-0.15, -0.1) is 0 Å². The van der Waals surface area contributed by atoms with E-state index in [0.717, 1.165) is 5.69 Å². The van der Waals surface area contributed by atoms with Crippen LogP contribution in [0.5, 0.6) is 0 Å². The van der Waals surface area contributed by atoms with Gasteiger partial charge in [0.1, 0.15) is 5.82 Å². The molecule has 0 fully saturated rings. The summed E-state index contributed by atoms with van der Waals surface area (Å²) in [5, 5.41) is 7.63. The second-order valence-electron chi connectivity index (χ2n) is 10.3. The largest absolute Gasteiger partial charge is 0.466 e. The van der Waals surface area contributed by atoms with Gasteiger partial charge in [-0.1, -0.05) is 34.6 Å². The van der Waals surface area contributed by atoms with Crippen LogP contribution in [-0.2, 0) is 30.1 Å². The third-order valence-corrected chi connectivity index (χ3v) is 4.50. The second kappa shape index (κ2) is 10.8. The molecular formula is C23H40N4O4. The summed E-state index contributed by atoms with van der Waals surface area (Å²) in [6, 6.07) is 1.89. The molecule has 1 heterocycles. The maximum atomic E-state index is 12.8. The Morgan fingerprint density at radius 2 is 1.74 bits per heavy atom. The van der Waals surface area contributed by atoms with Crippen LogP contribution >= 0.6 is 0 Å². The van der Waals surface area contributed by atoms with Crippen LogP contribution in [0.25, 0.3) is 0 Å². The molecule has 0 saturated carbocycles. The fraction of sp³-hybridized carbons (Fsp3) is 0.739. The van der Waals surface area contributed by atoms with E-state index in [2.05, 4.69) is 26.1 Å². The van der Waals surface area contributed by atoms with Crippen molar-refractivity contribution in [3.63, 3.8) is 0 Å². The quantitative estimate of drug-likeness (QED) is 0.596. The SMILES string of the molecule is CCOC(=O)CCC(=O)N(CC(=O)Nc1cc(C(C)(C)C)nn1C(C)(C)C)CC(C)C. The van der Waals surface area contributed by atoms with Crippen LogP contribution in [0.2, 0.25) is 0 Å². The van der Waals surface area contributed by atoms with Crippen molar-refractivity contribution in [1.29, 1.82) is 0 Å². The number of ether oxygens (including phenoxy) is 1. The van der Waals surface area contributed by atoms with Gasteiger partial charge in [-0.3, -0.25) is 14.4 Å². The minimum Gasteiger partial charge on any atom is -0.466 e. The lowest BCUT2D eigenvalue weighted by Gasteiger charge is -2.25. The average Bonchev–Trinajstić information content (AvgIpc) is 3.03. The van der Waals surface area contributed by atoms with Gasteiger partial charge in [-0.05, 0) is 33.6 Å². The Bertz CT molecular complexity index is 770. The highest BCUT2D eigenvalue weighted by Crippen LogP contribution is 2.28. The fourth-order valence-corrected chi connectivity index (χ4v) is 3.00. The number of rotatable bonds is 9. The summed E-state index contributed by atoms with van der Waals surface area (Å²) in [6.07, 6.45) is 0.0293. The number of hydrogen-bond acceptors (Lipinski definition) is 5. The zero-order chi connectivity index (χ0) is 24.0. The number of esters is 1. The number of nitrogens with zero attached hydrogens (tertiary/aromatic N) is 3. The van der Waals surface area contributed by atoms with Crippen molar-refractivity contribution in [2.45, 2.75) is 86.1 Å². The number of amides is 2. The van der Waals surface area contributed by atoms with Crippen LogP contribution in [0, 0.1) is 5.92 Å². The highest BCUT2D eigenvalue weighted by molar-refractivity contribution is 5.94. The fourth-order valence-electron chi connectivity index (χ4n) is 3.00. The second-order valence-corrected chi connectivity index (χ2v) is 10.3. The van der Waals surface area contributed by atoms with Gasteiger partial charge in [0.05, 0.1) is 30.8 Å². The standard InChI is InChI=1S/C23H40N4O4/c1-10-31-21(30)12-11-20(29)26(14-16(2)3)15-19(28)24-18-13-17(22(4,5)6)25-27(18)23(7,8)9/h13,16H,10-12,14-15H2,1-9H3,(H,24,28). The van der Waals surface area contributed by atoms with Crippen LogP contribution in [0.1, 0.15) is 80.8 Å². The summed E-state index contributed by atoms with van der Waals surface area (Å²) >= 11 is 0. The lowest BCUT2D eigenvalue weighted by atomic mass is 9.92. The van der Waals surface area contributed by atoms with Crippen molar-refractivity contribution >= 4 is 23.6 Å². The van der Waals surface area contributed by atoms with Crippen molar-refractivity contribution in [3.05, 3.63) is 11.8 Å². The molecule has 1 N–H and O–H groups in total. The van der Waals surface area contributed by atoms with Crippen molar-refractivity contribution in [3.8, 4) is 0 Å². The number of hydrogen-bond donors (Lipinski definition) is 1. The Kier molecular flexibility index (Phi) is 9.26. The summed E-state index contributed by atoms with van der Waals surface area (Å²) in [5.41, 5.74) is 0.393. The molecular weight excluding hydrogens is 396 g/mol. The lowest BCUT2D eigenvalue weighted by Crippen LogP contribution is -2.40. The highest BCUT2D eigenvalue weighted by Gasteiger charge is 2.27. The van der Waals surface area contributed by atoms with Gasteiger partial charge in [0.25, 0.3) is 0 Å². The van der Waals surface area contributed by atoms with Crippen molar-refractivity contribution in [1.82, 2.24) is 14.7 Å². The van der Waals surface area contributed by atoms with E-state index in [1.54, 1.807) is 11.6 Å². The molecule has 0 saturated heterocycles. The zero-order valence-corrected chi connectivity index (χ0v) is 20.7. The first-order valence-corrected chi connectivity index (χ1v) is 11.0. The van der Waals surface area contributed by atoms with E-state index < -0.39 is 5.97 Å². The maximum absolute atomic E-state index is 12.8. The molecule has 31 heavy (non-hydrogen) atoms. The minimum absolute atomic E-state index is 0.00856. The summed E-state index contributed by atoms with van der Waals surface area (Å²) in [4.78, 5) is 38.6. The van der Waals surface area contributed by atoms with Crippen LogP contribution in [-0.4, -0.2) is 52.2 Å². The van der Waals surface area contributed by atoms with E-state index in [1.165, 1.54) is 4.90 Å².